The smallest absolute Gasteiger partial charge is 0.246 e. The molecule has 0 bridgehead atoms. The van der Waals surface area contributed by atoms with Crippen LogP contribution in [0, 0.1) is 11.3 Å². The second-order valence-corrected chi connectivity index (χ2v) is 12.8. The minimum absolute atomic E-state index is 0.0158. The normalized spacial score (nSPS) is 24.2. The number of nitrogens with one attached hydrogen (secondary N) is 3. The van der Waals surface area contributed by atoms with Crippen molar-refractivity contribution >= 4 is 27.7 Å². The Bertz CT molecular complexity index is 1070. The maximum absolute atomic E-state index is 13.9. The maximum Gasteiger partial charge on any atom is 0.246 e. The highest BCUT2D eigenvalue weighted by Gasteiger charge is 2.56. The molecule has 1 aromatic carbocycles. The van der Waals surface area contributed by atoms with Gasteiger partial charge in [-0.1, -0.05) is 51.1 Å². The Morgan fingerprint density at radius 2 is 1.78 bits per heavy atom. The van der Waals surface area contributed by atoms with Gasteiger partial charge in [-0.25, -0.2) is 8.42 Å². The first-order chi connectivity index (χ1) is 16.8. The number of amides is 3. The second kappa shape index (κ2) is 10.9. The molecule has 10 nitrogen and oxygen atoms in total. The number of benzene rings is 1. The van der Waals surface area contributed by atoms with Crippen LogP contribution in [0.2, 0.25) is 0 Å². The number of carbonyl (C=O) groups is 3. The fourth-order valence-electron chi connectivity index (χ4n) is 5.04. The van der Waals surface area contributed by atoms with E-state index in [2.05, 4.69) is 16.0 Å². The fourth-order valence-corrected chi connectivity index (χ4v) is 6.19. The van der Waals surface area contributed by atoms with E-state index in [0.717, 1.165) is 11.8 Å². The van der Waals surface area contributed by atoms with E-state index in [1.807, 2.05) is 51.1 Å². The molecule has 1 aromatic rings. The Morgan fingerprint density at radius 3 is 2.33 bits per heavy atom. The van der Waals surface area contributed by atoms with Crippen LogP contribution in [0.3, 0.4) is 0 Å². The van der Waals surface area contributed by atoms with Crippen molar-refractivity contribution in [3.63, 3.8) is 0 Å². The standard InChI is InChI=1S/C25H39N5O5S/c1-16(26-5)22(31)28-21(25(2,3)4)24(33)29-13-12-19-20(29)18(15-30(19)36(6,34)35)23(32)27-14-17-10-8-7-9-11-17/h7-11,16,18-21,26H,12-15H2,1-6H3,(H,27,32)(H,28,31)/t16-,18-,19+,20+,21+/m0/s1. The number of hydrogen-bond donors (Lipinski definition) is 3. The molecule has 5 atom stereocenters. The number of carbonyl (C=O) groups excluding carboxylic acids is 3. The highest BCUT2D eigenvalue weighted by Crippen LogP contribution is 2.38. The third kappa shape index (κ3) is 6.07. The van der Waals surface area contributed by atoms with Crippen LogP contribution >= 0.6 is 0 Å². The van der Waals surface area contributed by atoms with Crippen LogP contribution in [0.4, 0.5) is 0 Å². The van der Waals surface area contributed by atoms with E-state index in [0.29, 0.717) is 19.5 Å². The van der Waals surface area contributed by atoms with Crippen LogP contribution in [-0.2, 0) is 31.0 Å². The van der Waals surface area contributed by atoms with Gasteiger partial charge < -0.3 is 20.9 Å². The van der Waals surface area contributed by atoms with Gasteiger partial charge in [0.2, 0.25) is 27.7 Å². The van der Waals surface area contributed by atoms with Crippen molar-refractivity contribution in [2.45, 2.75) is 64.8 Å². The summed E-state index contributed by atoms with van der Waals surface area (Å²) < 4.78 is 26.5. The molecular weight excluding hydrogens is 482 g/mol. The van der Waals surface area contributed by atoms with E-state index in [-0.39, 0.29) is 24.3 Å². The number of fused-ring (bicyclic) bond motifs is 1. The molecule has 11 heteroatoms. The number of hydrogen-bond acceptors (Lipinski definition) is 6. The van der Waals surface area contributed by atoms with E-state index < -0.39 is 45.5 Å². The molecular formula is C25H39N5O5S. The first-order valence-corrected chi connectivity index (χ1v) is 14.2. The van der Waals surface area contributed by atoms with Gasteiger partial charge in [-0.15, -0.1) is 0 Å². The molecule has 2 saturated heterocycles. The molecule has 36 heavy (non-hydrogen) atoms. The monoisotopic (exact) mass is 521 g/mol. The average molecular weight is 522 g/mol. The van der Waals surface area contributed by atoms with Crippen molar-refractivity contribution in [1.29, 1.82) is 0 Å². The summed E-state index contributed by atoms with van der Waals surface area (Å²) in [7, 11) is -1.92. The highest BCUT2D eigenvalue weighted by atomic mass is 32.2. The summed E-state index contributed by atoms with van der Waals surface area (Å²) in [6.45, 7) is 7.95. The summed E-state index contributed by atoms with van der Waals surface area (Å²) in [6.07, 6.45) is 1.57. The van der Waals surface area contributed by atoms with E-state index in [1.54, 1.807) is 18.9 Å². The first-order valence-electron chi connectivity index (χ1n) is 12.3. The molecule has 200 valence electrons. The molecule has 0 radical (unpaired) electrons. The third-order valence-corrected chi connectivity index (χ3v) is 8.43. The van der Waals surface area contributed by atoms with Crippen LogP contribution < -0.4 is 16.0 Å². The zero-order valence-electron chi connectivity index (χ0n) is 21.9. The van der Waals surface area contributed by atoms with Crippen molar-refractivity contribution in [3.8, 4) is 0 Å². The van der Waals surface area contributed by atoms with Crippen molar-refractivity contribution in [2.75, 3.05) is 26.4 Å². The van der Waals surface area contributed by atoms with Crippen molar-refractivity contribution in [2.24, 2.45) is 11.3 Å². The fraction of sp³-hybridized carbons (Fsp3) is 0.640. The van der Waals surface area contributed by atoms with Crippen molar-refractivity contribution in [1.82, 2.24) is 25.2 Å². The van der Waals surface area contributed by atoms with Gasteiger partial charge in [-0.2, -0.15) is 4.31 Å². The van der Waals surface area contributed by atoms with Gasteiger partial charge in [0.15, 0.2) is 0 Å². The molecule has 2 heterocycles. The lowest BCUT2D eigenvalue weighted by molar-refractivity contribution is -0.142. The van der Waals surface area contributed by atoms with Gasteiger partial charge in [0.25, 0.3) is 0 Å². The molecule has 0 aliphatic carbocycles. The molecule has 2 fully saturated rings. The lowest BCUT2D eigenvalue weighted by Gasteiger charge is -2.37. The summed E-state index contributed by atoms with van der Waals surface area (Å²) in [5, 5.41) is 8.67. The molecule has 0 spiro atoms. The minimum atomic E-state index is -3.58. The summed E-state index contributed by atoms with van der Waals surface area (Å²) in [5.74, 6) is -1.61. The molecule has 3 amide bonds. The van der Waals surface area contributed by atoms with E-state index in [4.69, 9.17) is 0 Å². The van der Waals surface area contributed by atoms with Gasteiger partial charge in [0.05, 0.1) is 24.3 Å². The zero-order valence-corrected chi connectivity index (χ0v) is 22.8. The Balaban J connectivity index is 1.87. The number of sulfonamides is 1. The predicted octanol–water partition coefficient (Wildman–Crippen LogP) is 0.303. The quantitative estimate of drug-likeness (QED) is 0.452. The highest BCUT2D eigenvalue weighted by molar-refractivity contribution is 7.88. The number of likely N-dealkylation sites (tertiary alicyclic amines) is 1. The number of likely N-dealkylation sites (N-methyl/N-ethyl adjacent to an activating group) is 1. The molecule has 0 aromatic heterocycles. The number of nitrogens with zero attached hydrogens (tertiary/aromatic N) is 2. The van der Waals surface area contributed by atoms with Gasteiger partial charge in [-0.3, -0.25) is 14.4 Å². The molecule has 0 saturated carbocycles. The van der Waals surface area contributed by atoms with E-state index in [1.165, 1.54) is 4.31 Å². The van der Waals surface area contributed by atoms with Gasteiger partial charge in [-0.05, 0) is 31.4 Å². The van der Waals surface area contributed by atoms with E-state index >= 15 is 0 Å². The molecule has 0 unspecified atom stereocenters. The molecule has 2 aliphatic rings. The average Bonchev–Trinajstić information content (AvgIpc) is 3.40. The van der Waals surface area contributed by atoms with Crippen molar-refractivity contribution < 1.29 is 22.8 Å². The second-order valence-electron chi connectivity index (χ2n) is 10.8. The predicted molar refractivity (Wildman–Crippen MR) is 137 cm³/mol. The maximum atomic E-state index is 13.9. The molecule has 2 aliphatic heterocycles. The lowest BCUT2D eigenvalue weighted by atomic mass is 9.85. The number of rotatable bonds is 8. The first kappa shape index (κ1) is 28.1. The minimum Gasteiger partial charge on any atom is -0.352 e. The van der Waals surface area contributed by atoms with Crippen LogP contribution in [0.1, 0.15) is 39.7 Å². The van der Waals surface area contributed by atoms with E-state index in [9.17, 15) is 22.8 Å². The lowest BCUT2D eigenvalue weighted by Crippen LogP contribution is -2.59. The van der Waals surface area contributed by atoms with Gasteiger partial charge in [0.1, 0.15) is 6.04 Å². The largest absolute Gasteiger partial charge is 0.352 e. The summed E-state index contributed by atoms with van der Waals surface area (Å²) in [5.41, 5.74) is 0.326. The summed E-state index contributed by atoms with van der Waals surface area (Å²) in [6, 6.07) is 7.04. The Hall–Kier alpha value is -2.50. The van der Waals surface area contributed by atoms with Crippen molar-refractivity contribution in [3.05, 3.63) is 35.9 Å². The Labute approximate surface area is 214 Å². The Kier molecular flexibility index (Phi) is 8.47. The molecule has 3 N–H and O–H groups in total. The summed E-state index contributed by atoms with van der Waals surface area (Å²) in [4.78, 5) is 41.5. The SMILES string of the molecule is CN[C@@H](C)C(=O)N[C@H](C(=O)N1CC[C@@H]2[C@H]1[C@@H](C(=O)NCc1ccccc1)CN2S(C)(=O)=O)C(C)(C)C. The van der Waals surface area contributed by atoms with Crippen LogP contribution in [0.25, 0.3) is 0 Å². The Morgan fingerprint density at radius 1 is 1.14 bits per heavy atom. The summed E-state index contributed by atoms with van der Waals surface area (Å²) >= 11 is 0. The van der Waals surface area contributed by atoms with Gasteiger partial charge in [0, 0.05) is 25.7 Å². The van der Waals surface area contributed by atoms with Crippen LogP contribution in [0.15, 0.2) is 30.3 Å². The third-order valence-electron chi connectivity index (χ3n) is 7.16. The van der Waals surface area contributed by atoms with Gasteiger partial charge >= 0.3 is 0 Å². The molecule has 3 rings (SSSR count). The van der Waals surface area contributed by atoms with Crippen LogP contribution in [-0.4, -0.2) is 85.9 Å². The topological polar surface area (TPSA) is 128 Å². The zero-order chi connectivity index (χ0) is 26.8. The van der Waals surface area contributed by atoms with Crippen LogP contribution in [0.5, 0.6) is 0 Å².